The number of fused-ring (bicyclic) bond motifs is 1. The Morgan fingerprint density at radius 1 is 1.41 bits per heavy atom. The van der Waals surface area contributed by atoms with E-state index in [2.05, 4.69) is 17.9 Å². The molecule has 1 aliphatic heterocycles. The van der Waals surface area contributed by atoms with E-state index < -0.39 is 0 Å². The van der Waals surface area contributed by atoms with Crippen LogP contribution >= 0.6 is 11.3 Å². The van der Waals surface area contributed by atoms with Crippen LogP contribution in [0.3, 0.4) is 0 Å². The maximum Gasteiger partial charge on any atom is 0.254 e. The first kappa shape index (κ1) is 14.9. The van der Waals surface area contributed by atoms with Gasteiger partial charge in [0.05, 0.1) is 24.3 Å². The molecule has 0 spiro atoms. The lowest BCUT2D eigenvalue weighted by molar-refractivity contribution is 0.0710. The number of nitrogens with zero attached hydrogens (tertiary/aromatic N) is 2. The molecule has 0 fully saturated rings. The number of anilines is 1. The summed E-state index contributed by atoms with van der Waals surface area (Å²) in [4.78, 5) is 16.4. The molecule has 22 heavy (non-hydrogen) atoms. The number of ether oxygens (including phenoxy) is 1. The summed E-state index contributed by atoms with van der Waals surface area (Å²) in [6.45, 7) is 4.45. The van der Waals surface area contributed by atoms with Crippen LogP contribution in [0.5, 0.6) is 5.75 Å². The molecule has 0 saturated carbocycles. The summed E-state index contributed by atoms with van der Waals surface area (Å²) in [5, 5.41) is 3.81. The van der Waals surface area contributed by atoms with Crippen LogP contribution in [0.15, 0.2) is 41.1 Å². The Bertz CT molecular complexity index is 642. The normalized spacial score (nSPS) is 16.8. The third kappa shape index (κ3) is 2.95. The molecule has 0 unspecified atom stereocenters. The Balaban J connectivity index is 1.70. The van der Waals surface area contributed by atoms with Gasteiger partial charge in [0, 0.05) is 19.0 Å². The number of benzene rings is 1. The molecular formula is C17H20N2O2S. The standard InChI is InChI=1S/C17H20N2O2S/c1-3-19-11-14(21-16-7-5-4-6-15(16)19)10-18(2)17(20)13-8-9-22-12-13/h4-9,12,14H,3,10-11H2,1-2H3/t14-/m1/s1. The van der Waals surface area contributed by atoms with Crippen LogP contribution in [0.2, 0.25) is 0 Å². The van der Waals surface area contributed by atoms with Crippen LogP contribution in [-0.2, 0) is 0 Å². The SMILES string of the molecule is CCN1C[C@@H](CN(C)C(=O)c2ccsc2)Oc2ccccc21. The summed E-state index contributed by atoms with van der Waals surface area (Å²) in [5.41, 5.74) is 1.88. The van der Waals surface area contributed by atoms with Gasteiger partial charge >= 0.3 is 0 Å². The van der Waals surface area contributed by atoms with E-state index in [9.17, 15) is 4.79 Å². The van der Waals surface area contributed by atoms with Crippen molar-refractivity contribution >= 4 is 22.9 Å². The highest BCUT2D eigenvalue weighted by atomic mass is 32.1. The fraction of sp³-hybridized carbons (Fsp3) is 0.353. The summed E-state index contributed by atoms with van der Waals surface area (Å²) < 4.78 is 6.07. The molecule has 4 nitrogen and oxygen atoms in total. The molecular weight excluding hydrogens is 296 g/mol. The molecule has 2 heterocycles. The van der Waals surface area contributed by atoms with Gasteiger partial charge in [-0.05, 0) is 30.5 Å². The zero-order valence-electron chi connectivity index (χ0n) is 12.9. The van der Waals surface area contributed by atoms with E-state index in [0.29, 0.717) is 6.54 Å². The van der Waals surface area contributed by atoms with Crippen LogP contribution in [0.4, 0.5) is 5.69 Å². The van der Waals surface area contributed by atoms with Crippen molar-refractivity contribution < 1.29 is 9.53 Å². The van der Waals surface area contributed by atoms with Crippen molar-refractivity contribution in [2.75, 3.05) is 31.6 Å². The predicted molar refractivity (Wildman–Crippen MR) is 90.0 cm³/mol. The predicted octanol–water partition coefficient (Wildman–Crippen LogP) is 3.11. The number of rotatable bonds is 4. The van der Waals surface area contributed by atoms with E-state index in [4.69, 9.17) is 4.74 Å². The Kier molecular flexibility index (Phi) is 4.34. The molecule has 0 saturated heterocycles. The molecule has 1 amide bonds. The second-order valence-electron chi connectivity index (χ2n) is 5.44. The number of carbonyl (C=O) groups excluding carboxylic acids is 1. The van der Waals surface area contributed by atoms with Gasteiger partial charge in [-0.25, -0.2) is 0 Å². The summed E-state index contributed by atoms with van der Waals surface area (Å²) in [6, 6.07) is 9.94. The summed E-state index contributed by atoms with van der Waals surface area (Å²) in [6.07, 6.45) is -0.0116. The van der Waals surface area contributed by atoms with Gasteiger partial charge in [-0.15, -0.1) is 0 Å². The van der Waals surface area contributed by atoms with Crippen LogP contribution < -0.4 is 9.64 Å². The highest BCUT2D eigenvalue weighted by Crippen LogP contribution is 2.32. The van der Waals surface area contributed by atoms with Gasteiger partial charge in [-0.1, -0.05) is 12.1 Å². The van der Waals surface area contributed by atoms with E-state index in [1.165, 1.54) is 11.3 Å². The molecule has 0 radical (unpaired) electrons. The highest BCUT2D eigenvalue weighted by Gasteiger charge is 2.26. The molecule has 1 aromatic carbocycles. The second kappa shape index (κ2) is 6.40. The lowest BCUT2D eigenvalue weighted by atomic mass is 10.1. The fourth-order valence-electron chi connectivity index (χ4n) is 2.77. The molecule has 116 valence electrons. The first-order valence-corrected chi connectivity index (χ1v) is 8.41. The zero-order chi connectivity index (χ0) is 15.5. The molecule has 2 aromatic rings. The number of likely N-dealkylation sites (N-methyl/N-ethyl adjacent to an activating group) is 2. The number of carbonyl (C=O) groups is 1. The van der Waals surface area contributed by atoms with E-state index in [1.807, 2.05) is 42.1 Å². The number of hydrogen-bond donors (Lipinski definition) is 0. The van der Waals surface area contributed by atoms with Crippen LogP contribution in [0.1, 0.15) is 17.3 Å². The largest absolute Gasteiger partial charge is 0.485 e. The summed E-state index contributed by atoms with van der Waals surface area (Å²) >= 11 is 1.54. The molecule has 1 aromatic heterocycles. The monoisotopic (exact) mass is 316 g/mol. The van der Waals surface area contributed by atoms with Crippen molar-refractivity contribution in [2.24, 2.45) is 0 Å². The van der Waals surface area contributed by atoms with Crippen molar-refractivity contribution in [3.8, 4) is 5.75 Å². The average Bonchev–Trinajstić information content (AvgIpc) is 3.07. The first-order valence-electron chi connectivity index (χ1n) is 7.47. The quantitative estimate of drug-likeness (QED) is 0.869. The van der Waals surface area contributed by atoms with E-state index in [-0.39, 0.29) is 12.0 Å². The Hall–Kier alpha value is -2.01. The summed E-state index contributed by atoms with van der Waals surface area (Å²) in [7, 11) is 1.83. The molecule has 1 aliphatic rings. The van der Waals surface area contributed by atoms with Crippen molar-refractivity contribution in [1.29, 1.82) is 0 Å². The smallest absolute Gasteiger partial charge is 0.254 e. The van der Waals surface area contributed by atoms with Crippen molar-refractivity contribution in [3.05, 3.63) is 46.7 Å². The number of hydrogen-bond acceptors (Lipinski definition) is 4. The lowest BCUT2D eigenvalue weighted by Gasteiger charge is -2.37. The molecule has 0 bridgehead atoms. The highest BCUT2D eigenvalue weighted by molar-refractivity contribution is 7.08. The number of para-hydroxylation sites is 2. The number of amides is 1. The second-order valence-corrected chi connectivity index (χ2v) is 6.22. The molecule has 0 N–H and O–H groups in total. The minimum atomic E-state index is -0.0116. The minimum Gasteiger partial charge on any atom is -0.485 e. The molecule has 1 atom stereocenters. The Morgan fingerprint density at radius 3 is 2.95 bits per heavy atom. The van der Waals surface area contributed by atoms with Gasteiger partial charge < -0.3 is 14.5 Å². The van der Waals surface area contributed by atoms with Crippen LogP contribution in [0.25, 0.3) is 0 Å². The zero-order valence-corrected chi connectivity index (χ0v) is 13.7. The Labute approximate surface area is 134 Å². The molecule has 0 aliphatic carbocycles. The first-order chi connectivity index (χ1) is 10.7. The van der Waals surface area contributed by atoms with Gasteiger partial charge in [0.1, 0.15) is 11.9 Å². The van der Waals surface area contributed by atoms with Gasteiger partial charge in [0.2, 0.25) is 0 Å². The summed E-state index contributed by atoms with van der Waals surface area (Å²) in [5.74, 6) is 0.948. The maximum absolute atomic E-state index is 12.3. The van der Waals surface area contributed by atoms with E-state index >= 15 is 0 Å². The van der Waals surface area contributed by atoms with Gasteiger partial charge in [0.15, 0.2) is 0 Å². The minimum absolute atomic E-state index is 0.0116. The lowest BCUT2D eigenvalue weighted by Crippen LogP contribution is -2.46. The van der Waals surface area contributed by atoms with Gasteiger partial charge in [-0.3, -0.25) is 4.79 Å². The van der Waals surface area contributed by atoms with Crippen molar-refractivity contribution in [3.63, 3.8) is 0 Å². The van der Waals surface area contributed by atoms with Crippen molar-refractivity contribution in [2.45, 2.75) is 13.0 Å². The Morgan fingerprint density at radius 2 is 2.23 bits per heavy atom. The van der Waals surface area contributed by atoms with Gasteiger partial charge in [0.25, 0.3) is 5.91 Å². The molecule has 3 rings (SSSR count). The van der Waals surface area contributed by atoms with E-state index in [1.54, 1.807) is 4.90 Å². The van der Waals surface area contributed by atoms with Crippen LogP contribution in [-0.4, -0.2) is 43.6 Å². The van der Waals surface area contributed by atoms with Crippen molar-refractivity contribution in [1.82, 2.24) is 4.90 Å². The average molecular weight is 316 g/mol. The fourth-order valence-corrected chi connectivity index (χ4v) is 3.40. The molecule has 5 heteroatoms. The van der Waals surface area contributed by atoms with E-state index in [0.717, 1.165) is 30.1 Å². The maximum atomic E-state index is 12.3. The third-order valence-corrected chi connectivity index (χ3v) is 4.58. The third-order valence-electron chi connectivity index (χ3n) is 3.90. The van der Waals surface area contributed by atoms with Gasteiger partial charge in [-0.2, -0.15) is 11.3 Å². The van der Waals surface area contributed by atoms with Crippen LogP contribution in [0, 0.1) is 0 Å². The topological polar surface area (TPSA) is 32.8 Å². The number of thiophene rings is 1.